The first-order valence-electron chi connectivity index (χ1n) is 11.9. The molecular weight excluding hydrogens is 531 g/mol. The number of unbranched alkanes of at least 4 members (excludes halogenated alkanes) is 1. The molecule has 0 saturated carbocycles. The van der Waals surface area contributed by atoms with Crippen LogP contribution in [0.1, 0.15) is 72.8 Å². The van der Waals surface area contributed by atoms with Crippen LogP contribution in [0.2, 0.25) is 0 Å². The number of rotatable bonds is 14. The third-order valence-corrected chi connectivity index (χ3v) is 5.44. The van der Waals surface area contributed by atoms with E-state index in [4.69, 9.17) is 9.47 Å². The predicted octanol–water partition coefficient (Wildman–Crippen LogP) is 4.97. The summed E-state index contributed by atoms with van der Waals surface area (Å²) in [4.78, 5) is 26.4. The van der Waals surface area contributed by atoms with Crippen LogP contribution in [0.15, 0.2) is 24.3 Å². The SMILES string of the molecule is CC(C)(C)OCCN(CCCCNC(=O)CCCc1ccc(I)cc1)CC(=O)OC(C)(C)C. The maximum atomic E-state index is 12.3. The molecule has 0 heterocycles. The number of nitrogens with one attached hydrogen (secondary N) is 1. The van der Waals surface area contributed by atoms with Gasteiger partial charge in [-0.25, -0.2) is 0 Å². The molecule has 7 heteroatoms. The molecule has 1 aromatic carbocycles. The summed E-state index contributed by atoms with van der Waals surface area (Å²) in [5.74, 6) is -0.121. The van der Waals surface area contributed by atoms with E-state index in [0.29, 0.717) is 26.1 Å². The van der Waals surface area contributed by atoms with Crippen LogP contribution in [0.25, 0.3) is 0 Å². The second-order valence-corrected chi connectivity index (χ2v) is 11.6. The number of benzene rings is 1. The van der Waals surface area contributed by atoms with Gasteiger partial charge >= 0.3 is 5.97 Å². The Labute approximate surface area is 214 Å². The van der Waals surface area contributed by atoms with Crippen molar-refractivity contribution in [1.82, 2.24) is 10.2 Å². The third kappa shape index (κ3) is 17.0. The van der Waals surface area contributed by atoms with Crippen LogP contribution in [-0.4, -0.2) is 60.8 Å². The zero-order chi connectivity index (χ0) is 24.9. The Kier molecular flexibility index (Phi) is 13.5. The fourth-order valence-corrected chi connectivity index (χ4v) is 3.55. The van der Waals surface area contributed by atoms with Crippen LogP contribution in [0, 0.1) is 3.57 Å². The normalized spacial score (nSPS) is 12.1. The molecule has 0 aliphatic heterocycles. The number of carbonyl (C=O) groups excluding carboxylic acids is 2. The summed E-state index contributed by atoms with van der Waals surface area (Å²) >= 11 is 2.29. The van der Waals surface area contributed by atoms with E-state index < -0.39 is 5.60 Å². The second kappa shape index (κ2) is 14.9. The molecule has 188 valence electrons. The summed E-state index contributed by atoms with van der Waals surface area (Å²) in [6.07, 6.45) is 4.07. The van der Waals surface area contributed by atoms with Crippen molar-refractivity contribution in [2.24, 2.45) is 0 Å². The van der Waals surface area contributed by atoms with E-state index in [2.05, 4.69) is 57.1 Å². The van der Waals surface area contributed by atoms with E-state index in [1.54, 1.807) is 0 Å². The van der Waals surface area contributed by atoms with E-state index in [1.807, 2.05) is 41.5 Å². The van der Waals surface area contributed by atoms with E-state index in [9.17, 15) is 9.59 Å². The summed E-state index contributed by atoms with van der Waals surface area (Å²) in [7, 11) is 0. The molecule has 1 aromatic rings. The predicted molar refractivity (Wildman–Crippen MR) is 142 cm³/mol. The van der Waals surface area contributed by atoms with Gasteiger partial charge in [-0.05, 0) is 114 Å². The van der Waals surface area contributed by atoms with Gasteiger partial charge in [-0.15, -0.1) is 0 Å². The Bertz CT molecular complexity index is 708. The first kappa shape index (κ1) is 29.8. The smallest absolute Gasteiger partial charge is 0.320 e. The lowest BCUT2D eigenvalue weighted by Crippen LogP contribution is -2.38. The highest BCUT2D eigenvalue weighted by Gasteiger charge is 2.19. The lowest BCUT2D eigenvalue weighted by atomic mass is 10.1. The maximum absolute atomic E-state index is 12.3. The van der Waals surface area contributed by atoms with Crippen molar-refractivity contribution in [3.63, 3.8) is 0 Å². The Balaban J connectivity index is 2.29. The first-order valence-corrected chi connectivity index (χ1v) is 13.0. The lowest BCUT2D eigenvalue weighted by Gasteiger charge is -2.26. The molecule has 0 saturated heterocycles. The van der Waals surface area contributed by atoms with Gasteiger partial charge in [0.15, 0.2) is 0 Å². The molecule has 1 amide bonds. The molecule has 6 nitrogen and oxygen atoms in total. The zero-order valence-electron chi connectivity index (χ0n) is 21.3. The third-order valence-electron chi connectivity index (χ3n) is 4.72. The minimum Gasteiger partial charge on any atom is -0.459 e. The average Bonchev–Trinajstić information content (AvgIpc) is 2.66. The van der Waals surface area contributed by atoms with Gasteiger partial charge < -0.3 is 14.8 Å². The average molecular weight is 575 g/mol. The van der Waals surface area contributed by atoms with Gasteiger partial charge in [0.2, 0.25) is 5.91 Å². The minimum atomic E-state index is -0.492. The van der Waals surface area contributed by atoms with Crippen molar-refractivity contribution in [3.8, 4) is 0 Å². The van der Waals surface area contributed by atoms with Gasteiger partial charge in [0.1, 0.15) is 5.60 Å². The molecule has 0 bridgehead atoms. The van der Waals surface area contributed by atoms with Crippen molar-refractivity contribution >= 4 is 34.5 Å². The maximum Gasteiger partial charge on any atom is 0.320 e. The Morgan fingerprint density at radius 2 is 1.61 bits per heavy atom. The van der Waals surface area contributed by atoms with Crippen LogP contribution in [-0.2, 0) is 25.5 Å². The highest BCUT2D eigenvalue weighted by Crippen LogP contribution is 2.11. The standard InChI is InChI=1S/C26H43IN2O4/c1-25(2,3)32-19-18-29(20-24(31)33-26(4,5)6)17-8-7-16-28-23(30)11-9-10-21-12-14-22(27)15-13-21/h12-15H,7-11,16-20H2,1-6H3,(H,28,30). The van der Waals surface area contributed by atoms with Gasteiger partial charge in [-0.1, -0.05) is 12.1 Å². The van der Waals surface area contributed by atoms with Crippen LogP contribution >= 0.6 is 22.6 Å². The van der Waals surface area contributed by atoms with Crippen LogP contribution < -0.4 is 5.32 Å². The largest absolute Gasteiger partial charge is 0.459 e. The van der Waals surface area contributed by atoms with Gasteiger partial charge in [0, 0.05) is 23.1 Å². The first-order chi connectivity index (χ1) is 15.3. The van der Waals surface area contributed by atoms with Crippen LogP contribution in [0.3, 0.4) is 0 Å². The second-order valence-electron chi connectivity index (χ2n) is 10.4. The Hall–Kier alpha value is -1.19. The molecule has 0 aliphatic carbocycles. The Morgan fingerprint density at radius 1 is 0.939 bits per heavy atom. The zero-order valence-corrected chi connectivity index (χ0v) is 23.5. The van der Waals surface area contributed by atoms with Crippen LogP contribution in [0.4, 0.5) is 0 Å². The summed E-state index contributed by atoms with van der Waals surface area (Å²) in [5.41, 5.74) is 0.568. The van der Waals surface area contributed by atoms with Gasteiger partial charge in [0.25, 0.3) is 0 Å². The molecule has 1 N–H and O–H groups in total. The van der Waals surface area contributed by atoms with E-state index in [1.165, 1.54) is 9.13 Å². The number of carbonyl (C=O) groups is 2. The molecule has 1 rings (SSSR count). The fourth-order valence-electron chi connectivity index (χ4n) is 3.19. The van der Waals surface area contributed by atoms with Crippen LogP contribution in [0.5, 0.6) is 0 Å². The van der Waals surface area contributed by atoms with Gasteiger partial charge in [0.05, 0.1) is 18.8 Å². The lowest BCUT2D eigenvalue weighted by molar-refractivity contribution is -0.156. The van der Waals surface area contributed by atoms with E-state index in [0.717, 1.165) is 32.2 Å². The monoisotopic (exact) mass is 574 g/mol. The molecule has 0 fully saturated rings. The molecule has 33 heavy (non-hydrogen) atoms. The number of amides is 1. The highest BCUT2D eigenvalue weighted by atomic mass is 127. The van der Waals surface area contributed by atoms with Crippen molar-refractivity contribution in [2.75, 3.05) is 32.8 Å². The molecule has 0 radical (unpaired) electrons. The minimum absolute atomic E-state index is 0.102. The quantitative estimate of drug-likeness (QED) is 0.193. The number of nitrogens with zero attached hydrogens (tertiary/aromatic N) is 1. The number of aryl methyl sites for hydroxylation is 1. The number of hydrogen-bond donors (Lipinski definition) is 1. The summed E-state index contributed by atoms with van der Waals surface area (Å²) in [6, 6.07) is 8.43. The summed E-state index contributed by atoms with van der Waals surface area (Å²) in [6.45, 7) is 14.6. The molecule has 0 aliphatic rings. The number of halogens is 1. The van der Waals surface area contributed by atoms with Crippen molar-refractivity contribution in [1.29, 1.82) is 0 Å². The molecule has 0 spiro atoms. The van der Waals surface area contributed by atoms with Crippen molar-refractivity contribution in [3.05, 3.63) is 33.4 Å². The van der Waals surface area contributed by atoms with Gasteiger partial charge in [-0.2, -0.15) is 0 Å². The van der Waals surface area contributed by atoms with Crippen molar-refractivity contribution < 1.29 is 19.1 Å². The molecule has 0 unspecified atom stereocenters. The van der Waals surface area contributed by atoms with E-state index in [-0.39, 0.29) is 24.0 Å². The van der Waals surface area contributed by atoms with Crippen molar-refractivity contribution in [2.45, 2.75) is 84.8 Å². The molecule has 0 atom stereocenters. The number of hydrogen-bond acceptors (Lipinski definition) is 5. The Morgan fingerprint density at radius 3 is 2.21 bits per heavy atom. The number of ether oxygens (including phenoxy) is 2. The molecular formula is C26H43IN2O4. The number of esters is 1. The van der Waals surface area contributed by atoms with Gasteiger partial charge in [-0.3, -0.25) is 14.5 Å². The highest BCUT2D eigenvalue weighted by molar-refractivity contribution is 14.1. The fraction of sp³-hybridized carbons (Fsp3) is 0.692. The topological polar surface area (TPSA) is 67.9 Å². The molecule has 0 aromatic heterocycles. The summed E-state index contributed by atoms with van der Waals surface area (Å²) in [5, 5.41) is 3.01. The summed E-state index contributed by atoms with van der Waals surface area (Å²) < 4.78 is 12.5. The van der Waals surface area contributed by atoms with E-state index >= 15 is 0 Å².